The molecule has 21 heavy (non-hydrogen) atoms. The fourth-order valence-electron chi connectivity index (χ4n) is 2.11. The first-order valence-corrected chi connectivity index (χ1v) is 6.51. The largest absolute Gasteiger partial charge is 0.337 e. The van der Waals surface area contributed by atoms with Crippen LogP contribution in [0.1, 0.15) is 21.5 Å². The van der Waals surface area contributed by atoms with E-state index in [2.05, 4.69) is 0 Å². The van der Waals surface area contributed by atoms with E-state index in [1.807, 2.05) is 24.3 Å². The Morgan fingerprint density at radius 1 is 1.10 bits per heavy atom. The number of hydrogen-bond acceptors (Lipinski definition) is 2. The van der Waals surface area contributed by atoms with E-state index < -0.39 is 17.5 Å². The molecule has 0 radical (unpaired) electrons. The minimum Gasteiger partial charge on any atom is -0.337 e. The number of carbonyl (C=O) groups is 1. The van der Waals surface area contributed by atoms with Gasteiger partial charge in [-0.05, 0) is 23.3 Å². The van der Waals surface area contributed by atoms with E-state index in [1.165, 1.54) is 17.0 Å². The van der Waals surface area contributed by atoms with Gasteiger partial charge < -0.3 is 10.6 Å². The van der Waals surface area contributed by atoms with Gasteiger partial charge in [0.2, 0.25) is 0 Å². The third kappa shape index (κ3) is 3.25. The molecule has 0 aliphatic rings. The predicted molar refractivity (Wildman–Crippen MR) is 76.5 cm³/mol. The first kappa shape index (κ1) is 15.1. The molecule has 0 spiro atoms. The third-order valence-corrected chi connectivity index (χ3v) is 3.27. The molecular weight excluding hydrogens is 274 g/mol. The average Bonchev–Trinajstić information content (AvgIpc) is 2.50. The zero-order valence-electron chi connectivity index (χ0n) is 11.6. The quantitative estimate of drug-likeness (QED) is 0.941. The van der Waals surface area contributed by atoms with Gasteiger partial charge in [-0.1, -0.05) is 30.3 Å². The van der Waals surface area contributed by atoms with Crippen molar-refractivity contribution in [2.45, 2.75) is 13.1 Å². The lowest BCUT2D eigenvalue weighted by molar-refractivity contribution is 0.0779. The van der Waals surface area contributed by atoms with Gasteiger partial charge in [0, 0.05) is 20.1 Å². The van der Waals surface area contributed by atoms with Crippen molar-refractivity contribution in [3.63, 3.8) is 0 Å². The third-order valence-electron chi connectivity index (χ3n) is 3.27. The summed E-state index contributed by atoms with van der Waals surface area (Å²) < 4.78 is 26.8. The summed E-state index contributed by atoms with van der Waals surface area (Å²) in [4.78, 5) is 13.5. The minimum atomic E-state index is -1.12. The Kier molecular flexibility index (Phi) is 4.65. The van der Waals surface area contributed by atoms with Crippen molar-refractivity contribution >= 4 is 5.91 Å². The van der Waals surface area contributed by atoms with E-state index in [4.69, 9.17) is 5.73 Å². The highest BCUT2D eigenvalue weighted by Crippen LogP contribution is 2.16. The number of nitrogens with zero attached hydrogens (tertiary/aromatic N) is 1. The van der Waals surface area contributed by atoms with Crippen LogP contribution in [-0.4, -0.2) is 17.9 Å². The molecule has 2 rings (SSSR count). The van der Waals surface area contributed by atoms with Crippen molar-refractivity contribution in [2.75, 3.05) is 7.05 Å². The van der Waals surface area contributed by atoms with Crippen LogP contribution >= 0.6 is 0 Å². The molecule has 3 nitrogen and oxygen atoms in total. The predicted octanol–water partition coefficient (Wildman–Crippen LogP) is 2.70. The van der Waals surface area contributed by atoms with Gasteiger partial charge in [-0.2, -0.15) is 0 Å². The zero-order chi connectivity index (χ0) is 15.4. The van der Waals surface area contributed by atoms with Crippen LogP contribution in [0.15, 0.2) is 42.5 Å². The molecule has 1 amide bonds. The second-order valence-corrected chi connectivity index (χ2v) is 4.74. The monoisotopic (exact) mass is 290 g/mol. The maximum Gasteiger partial charge on any atom is 0.256 e. The molecule has 0 aromatic heterocycles. The van der Waals surface area contributed by atoms with E-state index in [0.717, 1.165) is 17.2 Å². The van der Waals surface area contributed by atoms with Crippen molar-refractivity contribution < 1.29 is 13.6 Å². The van der Waals surface area contributed by atoms with Crippen molar-refractivity contribution in [1.29, 1.82) is 0 Å². The Morgan fingerprint density at radius 2 is 1.76 bits per heavy atom. The van der Waals surface area contributed by atoms with Gasteiger partial charge in [-0.15, -0.1) is 0 Å². The molecule has 0 aliphatic carbocycles. The van der Waals surface area contributed by atoms with Crippen LogP contribution in [0.25, 0.3) is 0 Å². The van der Waals surface area contributed by atoms with Gasteiger partial charge in [0.15, 0.2) is 11.6 Å². The molecule has 110 valence electrons. The summed E-state index contributed by atoms with van der Waals surface area (Å²) in [7, 11) is 1.54. The van der Waals surface area contributed by atoms with Crippen LogP contribution in [0.3, 0.4) is 0 Å². The topological polar surface area (TPSA) is 46.3 Å². The van der Waals surface area contributed by atoms with Crippen molar-refractivity contribution in [1.82, 2.24) is 4.90 Å². The number of halogens is 2. The minimum absolute atomic E-state index is 0.275. The standard InChI is InChI=1S/C16H16F2N2O/c1-20(10-12-6-3-2-5-11(12)9-19)16(21)13-7-4-8-14(17)15(13)18/h2-8H,9-10,19H2,1H3. The number of amides is 1. The summed E-state index contributed by atoms with van der Waals surface area (Å²) in [5.41, 5.74) is 7.17. The fraction of sp³-hybridized carbons (Fsp3) is 0.188. The molecule has 2 N–H and O–H groups in total. The smallest absolute Gasteiger partial charge is 0.256 e. The molecule has 0 heterocycles. The molecule has 2 aromatic carbocycles. The van der Waals surface area contributed by atoms with Gasteiger partial charge >= 0.3 is 0 Å². The van der Waals surface area contributed by atoms with Gasteiger partial charge in [-0.25, -0.2) is 8.78 Å². The number of hydrogen-bond donors (Lipinski definition) is 1. The number of nitrogens with two attached hydrogens (primary N) is 1. The van der Waals surface area contributed by atoms with Crippen LogP contribution in [0.5, 0.6) is 0 Å². The highest BCUT2D eigenvalue weighted by molar-refractivity contribution is 5.94. The van der Waals surface area contributed by atoms with Crippen molar-refractivity contribution in [2.24, 2.45) is 5.73 Å². The molecule has 0 saturated heterocycles. The summed E-state index contributed by atoms with van der Waals surface area (Å²) in [6.45, 7) is 0.634. The molecule has 0 bridgehead atoms. The summed E-state index contributed by atoms with van der Waals surface area (Å²) in [5.74, 6) is -2.73. The molecule has 0 unspecified atom stereocenters. The summed E-state index contributed by atoms with van der Waals surface area (Å²) in [5, 5.41) is 0. The molecule has 0 saturated carbocycles. The maximum atomic E-state index is 13.7. The Balaban J connectivity index is 2.22. The van der Waals surface area contributed by atoms with E-state index in [9.17, 15) is 13.6 Å². The van der Waals surface area contributed by atoms with Crippen LogP contribution in [-0.2, 0) is 13.1 Å². The van der Waals surface area contributed by atoms with Crippen LogP contribution in [0, 0.1) is 11.6 Å². The second kappa shape index (κ2) is 6.45. The molecule has 0 fully saturated rings. The number of rotatable bonds is 4. The van der Waals surface area contributed by atoms with Crippen LogP contribution in [0.2, 0.25) is 0 Å². The molecule has 0 aliphatic heterocycles. The number of benzene rings is 2. The average molecular weight is 290 g/mol. The van der Waals surface area contributed by atoms with Gasteiger partial charge in [0.25, 0.3) is 5.91 Å². The maximum absolute atomic E-state index is 13.7. The molecule has 5 heteroatoms. The first-order chi connectivity index (χ1) is 10.0. The first-order valence-electron chi connectivity index (χ1n) is 6.51. The number of carbonyl (C=O) groups excluding carboxylic acids is 1. The second-order valence-electron chi connectivity index (χ2n) is 4.74. The van der Waals surface area contributed by atoms with E-state index in [1.54, 1.807) is 7.05 Å². The SMILES string of the molecule is CN(Cc1ccccc1CN)C(=O)c1cccc(F)c1F. The van der Waals surface area contributed by atoms with Gasteiger partial charge in [0.05, 0.1) is 5.56 Å². The molecule has 2 aromatic rings. The fourth-order valence-corrected chi connectivity index (χ4v) is 2.11. The Hall–Kier alpha value is -2.27. The van der Waals surface area contributed by atoms with Crippen LogP contribution < -0.4 is 5.73 Å². The highest BCUT2D eigenvalue weighted by atomic mass is 19.2. The van der Waals surface area contributed by atoms with Crippen LogP contribution in [0.4, 0.5) is 8.78 Å². The lowest BCUT2D eigenvalue weighted by Gasteiger charge is -2.19. The lowest BCUT2D eigenvalue weighted by Crippen LogP contribution is -2.28. The zero-order valence-corrected chi connectivity index (χ0v) is 11.6. The summed E-state index contributed by atoms with van der Waals surface area (Å²) in [6.07, 6.45) is 0. The van der Waals surface area contributed by atoms with Crippen molar-refractivity contribution in [3.05, 3.63) is 70.8 Å². The Labute approximate surface area is 122 Å². The van der Waals surface area contributed by atoms with Crippen molar-refractivity contribution in [3.8, 4) is 0 Å². The Bertz CT molecular complexity index is 658. The Morgan fingerprint density at radius 3 is 2.43 bits per heavy atom. The van der Waals surface area contributed by atoms with Gasteiger partial charge in [0.1, 0.15) is 0 Å². The summed E-state index contributed by atoms with van der Waals surface area (Å²) in [6, 6.07) is 11.0. The van der Waals surface area contributed by atoms with E-state index in [-0.39, 0.29) is 12.1 Å². The highest BCUT2D eigenvalue weighted by Gasteiger charge is 2.19. The van der Waals surface area contributed by atoms with E-state index in [0.29, 0.717) is 6.54 Å². The van der Waals surface area contributed by atoms with Gasteiger partial charge in [-0.3, -0.25) is 4.79 Å². The summed E-state index contributed by atoms with van der Waals surface area (Å²) >= 11 is 0. The van der Waals surface area contributed by atoms with E-state index >= 15 is 0 Å². The molecule has 0 atom stereocenters. The lowest BCUT2D eigenvalue weighted by atomic mass is 10.1. The molecular formula is C16H16F2N2O. The normalized spacial score (nSPS) is 10.5.